The Hall–Kier alpha value is -3.56. The minimum absolute atomic E-state index is 0.0205. The maximum absolute atomic E-state index is 13.1. The van der Waals surface area contributed by atoms with Crippen LogP contribution < -0.4 is 0 Å². The maximum Gasteiger partial charge on any atom is 0.255 e. The molecular formula is C19H22N8O2. The highest BCUT2D eigenvalue weighted by Gasteiger charge is 2.27. The van der Waals surface area contributed by atoms with Crippen LogP contribution in [0.3, 0.4) is 0 Å². The minimum atomic E-state index is -0.0577. The van der Waals surface area contributed by atoms with E-state index in [9.17, 15) is 9.59 Å². The van der Waals surface area contributed by atoms with E-state index in [0.29, 0.717) is 31.7 Å². The zero-order valence-electron chi connectivity index (χ0n) is 16.4. The molecule has 29 heavy (non-hydrogen) atoms. The van der Waals surface area contributed by atoms with Crippen LogP contribution in [0.4, 0.5) is 0 Å². The predicted molar refractivity (Wildman–Crippen MR) is 103 cm³/mol. The van der Waals surface area contributed by atoms with Crippen LogP contribution in [0.1, 0.15) is 21.7 Å². The van der Waals surface area contributed by atoms with Gasteiger partial charge in [0.2, 0.25) is 5.91 Å². The molecule has 0 bridgehead atoms. The number of aryl methyl sites for hydroxylation is 1. The van der Waals surface area contributed by atoms with Crippen LogP contribution in [0.5, 0.6) is 0 Å². The number of hydrogen-bond acceptors (Lipinski definition) is 6. The fourth-order valence-electron chi connectivity index (χ4n) is 3.64. The van der Waals surface area contributed by atoms with Crippen LogP contribution in [-0.2, 0) is 11.3 Å². The lowest BCUT2D eigenvalue weighted by Crippen LogP contribution is -2.51. The molecule has 0 saturated carbocycles. The van der Waals surface area contributed by atoms with Crippen molar-refractivity contribution >= 4 is 11.8 Å². The minimum Gasteiger partial charge on any atom is -0.338 e. The summed E-state index contributed by atoms with van der Waals surface area (Å²) < 4.78 is 3.38. The van der Waals surface area contributed by atoms with Gasteiger partial charge in [-0.1, -0.05) is 6.07 Å². The first-order valence-corrected chi connectivity index (χ1v) is 9.43. The van der Waals surface area contributed by atoms with Crippen LogP contribution in [0.25, 0.3) is 5.82 Å². The Morgan fingerprint density at radius 3 is 2.48 bits per heavy atom. The Balaban J connectivity index is 1.43. The number of piperazine rings is 1. The average molecular weight is 394 g/mol. The van der Waals surface area contributed by atoms with E-state index in [0.717, 1.165) is 17.2 Å². The Kier molecular flexibility index (Phi) is 5.07. The molecule has 10 nitrogen and oxygen atoms in total. The van der Waals surface area contributed by atoms with Gasteiger partial charge in [0.15, 0.2) is 0 Å². The number of amides is 2. The van der Waals surface area contributed by atoms with Gasteiger partial charge in [-0.05, 0) is 42.5 Å². The molecule has 0 N–H and O–H groups in total. The van der Waals surface area contributed by atoms with Gasteiger partial charge in [0, 0.05) is 43.8 Å². The van der Waals surface area contributed by atoms with E-state index in [1.54, 1.807) is 16.0 Å². The van der Waals surface area contributed by atoms with E-state index in [2.05, 4.69) is 20.5 Å². The van der Waals surface area contributed by atoms with Crippen molar-refractivity contribution in [3.8, 4) is 5.82 Å². The zero-order valence-corrected chi connectivity index (χ0v) is 16.4. The number of pyridine rings is 1. The summed E-state index contributed by atoms with van der Waals surface area (Å²) in [6.45, 7) is 5.97. The van der Waals surface area contributed by atoms with Crippen molar-refractivity contribution in [2.45, 2.75) is 20.4 Å². The van der Waals surface area contributed by atoms with Gasteiger partial charge < -0.3 is 14.4 Å². The molecule has 150 valence electrons. The van der Waals surface area contributed by atoms with Crippen LogP contribution in [0, 0.1) is 13.8 Å². The Labute approximate surface area is 167 Å². The van der Waals surface area contributed by atoms with E-state index in [1.165, 1.54) is 11.0 Å². The summed E-state index contributed by atoms with van der Waals surface area (Å²) in [6.07, 6.45) is 3.15. The number of tetrazole rings is 1. The van der Waals surface area contributed by atoms with Crippen molar-refractivity contribution in [2.24, 2.45) is 0 Å². The van der Waals surface area contributed by atoms with Gasteiger partial charge in [-0.25, -0.2) is 9.67 Å². The number of hydrogen-bond donors (Lipinski definition) is 0. The molecule has 0 aliphatic carbocycles. The van der Waals surface area contributed by atoms with Gasteiger partial charge in [0.1, 0.15) is 18.7 Å². The van der Waals surface area contributed by atoms with Gasteiger partial charge in [0.25, 0.3) is 5.91 Å². The van der Waals surface area contributed by atoms with E-state index in [4.69, 9.17) is 0 Å². The molecule has 3 aromatic heterocycles. The molecule has 0 spiro atoms. The summed E-state index contributed by atoms with van der Waals surface area (Å²) in [4.78, 5) is 33.4. The topological polar surface area (TPSA) is 102 Å². The lowest BCUT2D eigenvalue weighted by molar-refractivity contribution is -0.133. The Bertz CT molecular complexity index is 1000. The first-order valence-electron chi connectivity index (χ1n) is 9.43. The number of rotatable bonds is 4. The number of carbonyl (C=O) groups is 2. The van der Waals surface area contributed by atoms with E-state index in [1.807, 2.05) is 42.7 Å². The highest BCUT2D eigenvalue weighted by atomic mass is 16.2. The second-order valence-electron chi connectivity index (χ2n) is 6.99. The smallest absolute Gasteiger partial charge is 0.255 e. The van der Waals surface area contributed by atoms with Gasteiger partial charge in [-0.2, -0.15) is 0 Å². The Morgan fingerprint density at radius 1 is 1.07 bits per heavy atom. The van der Waals surface area contributed by atoms with Crippen molar-refractivity contribution in [2.75, 3.05) is 26.2 Å². The largest absolute Gasteiger partial charge is 0.338 e. The summed E-state index contributed by atoms with van der Waals surface area (Å²) >= 11 is 0. The number of carbonyl (C=O) groups excluding carboxylic acids is 2. The molecule has 0 unspecified atom stereocenters. The second-order valence-corrected chi connectivity index (χ2v) is 6.99. The van der Waals surface area contributed by atoms with Crippen LogP contribution in [0.2, 0.25) is 0 Å². The third kappa shape index (κ3) is 3.73. The zero-order chi connectivity index (χ0) is 20.4. The van der Waals surface area contributed by atoms with Crippen molar-refractivity contribution in [3.05, 3.63) is 53.7 Å². The molecule has 1 fully saturated rings. The third-order valence-corrected chi connectivity index (χ3v) is 5.15. The summed E-state index contributed by atoms with van der Waals surface area (Å²) in [5, 5.41) is 10.8. The summed E-state index contributed by atoms with van der Waals surface area (Å²) in [7, 11) is 0. The van der Waals surface area contributed by atoms with Crippen molar-refractivity contribution in [1.82, 2.24) is 39.6 Å². The molecule has 1 aliphatic rings. The SMILES string of the molecule is Cc1cc(C(=O)N2CCN(C(=O)Cn3cnnn3)CC2)c(C)n1-c1ccccn1. The van der Waals surface area contributed by atoms with E-state index in [-0.39, 0.29) is 18.4 Å². The highest BCUT2D eigenvalue weighted by Crippen LogP contribution is 2.21. The lowest BCUT2D eigenvalue weighted by atomic mass is 10.2. The highest BCUT2D eigenvalue weighted by molar-refractivity contribution is 5.96. The standard InChI is InChI=1S/C19H22N8O2/c1-14-11-16(15(2)27(14)17-5-3-4-6-20-17)19(29)25-9-7-24(8-10-25)18(28)12-26-13-21-22-23-26/h3-6,11,13H,7-10,12H2,1-2H3. The molecule has 3 aromatic rings. The molecule has 0 radical (unpaired) electrons. The van der Waals surface area contributed by atoms with Crippen LogP contribution in [-0.4, -0.2) is 77.6 Å². The summed E-state index contributed by atoms with van der Waals surface area (Å²) in [5.41, 5.74) is 2.49. The molecule has 0 atom stereocenters. The fraction of sp³-hybridized carbons (Fsp3) is 0.368. The van der Waals surface area contributed by atoms with Crippen LogP contribution >= 0.6 is 0 Å². The monoisotopic (exact) mass is 394 g/mol. The van der Waals surface area contributed by atoms with Crippen molar-refractivity contribution < 1.29 is 9.59 Å². The first-order chi connectivity index (χ1) is 14.0. The molecule has 2 amide bonds. The van der Waals surface area contributed by atoms with Gasteiger partial charge in [-0.15, -0.1) is 5.10 Å². The molecule has 10 heteroatoms. The first kappa shape index (κ1) is 18.8. The third-order valence-electron chi connectivity index (χ3n) is 5.15. The number of nitrogens with zero attached hydrogens (tertiary/aromatic N) is 8. The lowest BCUT2D eigenvalue weighted by Gasteiger charge is -2.34. The van der Waals surface area contributed by atoms with E-state index >= 15 is 0 Å². The van der Waals surface area contributed by atoms with Gasteiger partial charge in [-0.3, -0.25) is 9.59 Å². The molecule has 4 rings (SSSR count). The Morgan fingerprint density at radius 2 is 1.83 bits per heavy atom. The van der Waals surface area contributed by atoms with Crippen molar-refractivity contribution in [3.63, 3.8) is 0 Å². The molecule has 0 aromatic carbocycles. The molecule has 1 aliphatic heterocycles. The predicted octanol–water partition coefficient (Wildman–Crippen LogP) is 0.460. The summed E-state index contributed by atoms with van der Waals surface area (Å²) in [6, 6.07) is 7.61. The molecule has 1 saturated heterocycles. The quantitative estimate of drug-likeness (QED) is 0.637. The van der Waals surface area contributed by atoms with Crippen molar-refractivity contribution in [1.29, 1.82) is 0 Å². The normalized spacial score (nSPS) is 14.3. The van der Waals surface area contributed by atoms with Gasteiger partial charge in [0.05, 0.1) is 5.56 Å². The van der Waals surface area contributed by atoms with E-state index < -0.39 is 0 Å². The summed E-state index contributed by atoms with van der Waals surface area (Å²) in [5.74, 6) is 0.713. The second kappa shape index (κ2) is 7.82. The van der Waals surface area contributed by atoms with Gasteiger partial charge >= 0.3 is 0 Å². The fourth-order valence-corrected chi connectivity index (χ4v) is 3.64. The molecular weight excluding hydrogens is 372 g/mol. The van der Waals surface area contributed by atoms with Crippen LogP contribution in [0.15, 0.2) is 36.8 Å². The maximum atomic E-state index is 13.1. The number of aromatic nitrogens is 6. The molecule has 4 heterocycles. The average Bonchev–Trinajstić information content (AvgIpc) is 3.35.